The van der Waals surface area contributed by atoms with Crippen molar-refractivity contribution in [2.24, 2.45) is 0 Å². The van der Waals surface area contributed by atoms with Crippen LogP contribution >= 0.6 is 11.6 Å². The van der Waals surface area contributed by atoms with Gasteiger partial charge in [-0.25, -0.2) is 8.42 Å². The van der Waals surface area contributed by atoms with E-state index in [2.05, 4.69) is 0 Å². The minimum absolute atomic E-state index is 0.0178. The Bertz CT molecular complexity index is 929. The van der Waals surface area contributed by atoms with Gasteiger partial charge in [-0.05, 0) is 43.2 Å². The maximum Gasteiger partial charge on any atom is 0.258 e. The van der Waals surface area contributed by atoms with Crippen LogP contribution in [-0.4, -0.2) is 43.4 Å². The lowest BCUT2D eigenvalue weighted by molar-refractivity contribution is 0.0676. The Hall–Kier alpha value is -2.05. The zero-order valence-corrected chi connectivity index (χ0v) is 16.7. The molecule has 1 aliphatic rings. The van der Waals surface area contributed by atoms with E-state index in [0.717, 1.165) is 5.56 Å². The monoisotopic (exact) mass is 407 g/mol. The van der Waals surface area contributed by atoms with E-state index in [-0.39, 0.29) is 23.5 Å². The molecule has 7 heteroatoms. The molecule has 1 heterocycles. The van der Waals surface area contributed by atoms with Gasteiger partial charge in [-0.2, -0.15) is 0 Å². The maximum absolute atomic E-state index is 13.3. The molecule has 0 aliphatic carbocycles. The summed E-state index contributed by atoms with van der Waals surface area (Å²) in [6, 6.07) is 13.9. The van der Waals surface area contributed by atoms with Gasteiger partial charge in [-0.15, -0.1) is 0 Å². The molecule has 2 aromatic rings. The van der Waals surface area contributed by atoms with Crippen LogP contribution in [0.3, 0.4) is 0 Å². The second-order valence-electron chi connectivity index (χ2n) is 6.55. The molecule has 3 rings (SSSR count). The van der Waals surface area contributed by atoms with Gasteiger partial charge in [0.15, 0.2) is 9.84 Å². The zero-order chi connectivity index (χ0) is 19.4. The number of halogens is 1. The average Bonchev–Trinajstić information content (AvgIpc) is 2.99. The summed E-state index contributed by atoms with van der Waals surface area (Å²) in [4.78, 5) is 15.0. The van der Waals surface area contributed by atoms with Crippen molar-refractivity contribution in [3.63, 3.8) is 0 Å². The van der Waals surface area contributed by atoms with Crippen molar-refractivity contribution in [2.75, 3.05) is 18.1 Å². The summed E-state index contributed by atoms with van der Waals surface area (Å²) in [7, 11) is -3.13. The van der Waals surface area contributed by atoms with Gasteiger partial charge in [-0.3, -0.25) is 4.79 Å². The lowest BCUT2D eigenvalue weighted by Gasteiger charge is -2.29. The van der Waals surface area contributed by atoms with Crippen molar-refractivity contribution in [1.82, 2.24) is 4.90 Å². The molecular formula is C20H22ClNO4S. The Morgan fingerprint density at radius 3 is 2.67 bits per heavy atom. The molecule has 144 valence electrons. The highest BCUT2D eigenvalue weighted by Gasteiger charge is 2.35. The highest BCUT2D eigenvalue weighted by atomic mass is 35.5. The number of hydrogen-bond acceptors (Lipinski definition) is 4. The highest BCUT2D eigenvalue weighted by Crippen LogP contribution is 2.26. The Morgan fingerprint density at radius 1 is 1.22 bits per heavy atom. The van der Waals surface area contributed by atoms with Crippen molar-refractivity contribution in [3.8, 4) is 5.75 Å². The number of para-hydroxylation sites is 1. The van der Waals surface area contributed by atoms with Crippen LogP contribution in [-0.2, 0) is 16.4 Å². The highest BCUT2D eigenvalue weighted by molar-refractivity contribution is 7.91. The number of ether oxygens (including phenoxy) is 1. The van der Waals surface area contributed by atoms with Crippen molar-refractivity contribution in [3.05, 3.63) is 64.7 Å². The van der Waals surface area contributed by atoms with Crippen LogP contribution in [0.1, 0.15) is 29.3 Å². The van der Waals surface area contributed by atoms with Crippen molar-refractivity contribution in [1.29, 1.82) is 0 Å². The predicted octanol–water partition coefficient (Wildman–Crippen LogP) is 3.57. The van der Waals surface area contributed by atoms with Gasteiger partial charge in [0.2, 0.25) is 0 Å². The topological polar surface area (TPSA) is 63.7 Å². The van der Waals surface area contributed by atoms with Gasteiger partial charge in [-0.1, -0.05) is 35.9 Å². The normalized spacial score (nSPS) is 18.2. The van der Waals surface area contributed by atoms with Crippen LogP contribution in [0.4, 0.5) is 0 Å². The fourth-order valence-electron chi connectivity index (χ4n) is 3.30. The fraction of sp³-hybridized carbons (Fsp3) is 0.350. The summed E-state index contributed by atoms with van der Waals surface area (Å²) in [5, 5.41) is 0.577. The van der Waals surface area contributed by atoms with E-state index >= 15 is 0 Å². The summed E-state index contributed by atoms with van der Waals surface area (Å²) in [6.45, 7) is 2.59. The Labute approximate surface area is 164 Å². The van der Waals surface area contributed by atoms with E-state index in [4.69, 9.17) is 16.3 Å². The number of benzene rings is 2. The number of carbonyl (C=O) groups excluding carboxylic acids is 1. The summed E-state index contributed by atoms with van der Waals surface area (Å²) in [5.41, 5.74) is 1.29. The van der Waals surface area contributed by atoms with Gasteiger partial charge in [0, 0.05) is 17.6 Å². The van der Waals surface area contributed by atoms with Crippen molar-refractivity contribution >= 4 is 27.3 Å². The van der Waals surface area contributed by atoms with Gasteiger partial charge >= 0.3 is 0 Å². The van der Waals surface area contributed by atoms with Crippen LogP contribution in [0.2, 0.25) is 5.02 Å². The summed E-state index contributed by atoms with van der Waals surface area (Å²) < 4.78 is 29.6. The van der Waals surface area contributed by atoms with Gasteiger partial charge < -0.3 is 9.64 Å². The quantitative estimate of drug-likeness (QED) is 0.734. The lowest BCUT2D eigenvalue weighted by atomic mass is 10.1. The number of sulfone groups is 1. The molecule has 2 aromatic carbocycles. The standard InChI is InChI=1S/C20H22ClNO4S/c1-2-26-19-9-4-3-8-18(19)20(23)22(17-10-11-27(24,25)14-17)13-15-6-5-7-16(21)12-15/h3-9,12,17H,2,10-11,13-14H2,1H3/t17-/m0/s1. The second-order valence-corrected chi connectivity index (χ2v) is 9.21. The first-order chi connectivity index (χ1) is 12.9. The second kappa shape index (κ2) is 8.31. The molecule has 0 bridgehead atoms. The molecule has 0 N–H and O–H groups in total. The van der Waals surface area contributed by atoms with E-state index in [1.165, 1.54) is 0 Å². The molecule has 0 saturated carbocycles. The van der Waals surface area contributed by atoms with Crippen molar-refractivity contribution < 1.29 is 17.9 Å². The predicted molar refractivity (Wildman–Crippen MR) is 106 cm³/mol. The van der Waals surface area contributed by atoms with Gasteiger partial charge in [0.1, 0.15) is 5.75 Å². The van der Waals surface area contributed by atoms with Crippen LogP contribution in [0.5, 0.6) is 5.75 Å². The Kier molecular flexibility index (Phi) is 6.07. The molecule has 5 nitrogen and oxygen atoms in total. The molecule has 27 heavy (non-hydrogen) atoms. The molecule has 1 aliphatic heterocycles. The first-order valence-corrected chi connectivity index (χ1v) is 11.1. The zero-order valence-electron chi connectivity index (χ0n) is 15.1. The summed E-state index contributed by atoms with van der Waals surface area (Å²) >= 11 is 6.08. The molecule has 0 unspecified atom stereocenters. The van der Waals surface area contributed by atoms with E-state index in [0.29, 0.717) is 35.9 Å². The average molecular weight is 408 g/mol. The molecule has 0 aromatic heterocycles. The van der Waals surface area contributed by atoms with E-state index in [1.807, 2.05) is 25.1 Å². The maximum atomic E-state index is 13.3. The number of rotatable bonds is 6. The lowest BCUT2D eigenvalue weighted by Crippen LogP contribution is -2.40. The minimum Gasteiger partial charge on any atom is -0.493 e. The number of amides is 1. The summed E-state index contributed by atoms with van der Waals surface area (Å²) in [6.07, 6.45) is 0.436. The Balaban J connectivity index is 1.95. The molecule has 1 amide bonds. The molecule has 0 spiro atoms. The fourth-order valence-corrected chi connectivity index (χ4v) is 5.24. The minimum atomic E-state index is -3.13. The smallest absolute Gasteiger partial charge is 0.258 e. The first kappa shape index (κ1) is 19.7. The number of carbonyl (C=O) groups is 1. The van der Waals surface area contributed by atoms with Gasteiger partial charge in [0.05, 0.1) is 23.7 Å². The molecule has 1 saturated heterocycles. The number of nitrogens with zero attached hydrogens (tertiary/aromatic N) is 1. The third-order valence-electron chi connectivity index (χ3n) is 4.57. The van der Waals surface area contributed by atoms with Crippen LogP contribution in [0.15, 0.2) is 48.5 Å². The Morgan fingerprint density at radius 2 is 2.00 bits per heavy atom. The first-order valence-electron chi connectivity index (χ1n) is 8.87. The van der Waals surface area contributed by atoms with Crippen LogP contribution < -0.4 is 4.74 Å². The van der Waals surface area contributed by atoms with Crippen LogP contribution in [0, 0.1) is 0 Å². The van der Waals surface area contributed by atoms with Gasteiger partial charge in [0.25, 0.3) is 5.91 Å². The summed E-state index contributed by atoms with van der Waals surface area (Å²) in [5.74, 6) is 0.350. The van der Waals surface area contributed by atoms with E-state index in [1.54, 1.807) is 35.2 Å². The SMILES string of the molecule is CCOc1ccccc1C(=O)N(Cc1cccc(Cl)c1)[C@H]1CCS(=O)(=O)C1. The van der Waals surface area contributed by atoms with E-state index < -0.39 is 9.84 Å². The third kappa shape index (κ3) is 4.82. The largest absolute Gasteiger partial charge is 0.493 e. The molecule has 1 atom stereocenters. The van der Waals surface area contributed by atoms with E-state index in [9.17, 15) is 13.2 Å². The molecule has 0 radical (unpaired) electrons. The molecular weight excluding hydrogens is 386 g/mol. The van der Waals surface area contributed by atoms with Crippen molar-refractivity contribution in [2.45, 2.75) is 25.9 Å². The molecule has 1 fully saturated rings. The third-order valence-corrected chi connectivity index (χ3v) is 6.55. The number of hydrogen-bond donors (Lipinski definition) is 0. The van der Waals surface area contributed by atoms with Crippen LogP contribution in [0.25, 0.3) is 0 Å².